The summed E-state index contributed by atoms with van der Waals surface area (Å²) in [6.45, 7) is 7.14. The van der Waals surface area contributed by atoms with Crippen LogP contribution in [0.3, 0.4) is 0 Å². The molecule has 2 rings (SSSR count). The van der Waals surface area contributed by atoms with Crippen LogP contribution in [0.25, 0.3) is 0 Å². The summed E-state index contributed by atoms with van der Waals surface area (Å²) in [7, 11) is 0. The second-order valence-electron chi connectivity index (χ2n) is 6.52. The van der Waals surface area contributed by atoms with E-state index in [4.69, 9.17) is 14.3 Å². The molecule has 6 heteroatoms. The fourth-order valence-corrected chi connectivity index (χ4v) is 3.49. The molecule has 0 saturated carbocycles. The van der Waals surface area contributed by atoms with Gasteiger partial charge in [-0.15, -0.1) is 0 Å². The van der Waals surface area contributed by atoms with Crippen LogP contribution in [0, 0.1) is 11.8 Å². The van der Waals surface area contributed by atoms with Crippen LogP contribution in [-0.2, 0) is 23.9 Å². The Kier molecular flexibility index (Phi) is 7.65. The van der Waals surface area contributed by atoms with Gasteiger partial charge in [-0.2, -0.15) is 0 Å². The number of rotatable bonds is 7. The Hall–Kier alpha value is -1.66. The maximum absolute atomic E-state index is 12.9. The zero-order valence-corrected chi connectivity index (χ0v) is 15.4. The number of esters is 1. The van der Waals surface area contributed by atoms with Crippen LogP contribution in [0.15, 0.2) is 23.1 Å². The first kappa shape index (κ1) is 19.7. The Balaban J connectivity index is 2.30. The molecule has 1 N–H and O–H groups in total. The van der Waals surface area contributed by atoms with E-state index in [-0.39, 0.29) is 11.7 Å². The van der Waals surface area contributed by atoms with Crippen molar-refractivity contribution in [2.45, 2.75) is 52.9 Å². The van der Waals surface area contributed by atoms with Crippen LogP contribution < -0.4 is 5.48 Å². The number of ether oxygens (including phenoxy) is 2. The molecule has 1 aliphatic carbocycles. The van der Waals surface area contributed by atoms with Gasteiger partial charge in [0.25, 0.3) is 0 Å². The molecule has 0 aromatic carbocycles. The van der Waals surface area contributed by atoms with Crippen molar-refractivity contribution < 1.29 is 23.9 Å². The molecule has 1 saturated heterocycles. The summed E-state index contributed by atoms with van der Waals surface area (Å²) in [4.78, 5) is 29.8. The highest BCUT2D eigenvalue weighted by atomic mass is 16.6. The summed E-state index contributed by atoms with van der Waals surface area (Å²) in [6, 6.07) is 0. The van der Waals surface area contributed by atoms with Gasteiger partial charge in [-0.05, 0) is 38.0 Å². The SMILES string of the molecule is CCC=C(NOCC)C1=C(OC(C)=O)CC(C2CCCOC2)CC1=O. The Bertz CT molecular complexity index is 546. The molecule has 0 radical (unpaired) electrons. The van der Waals surface area contributed by atoms with Gasteiger partial charge in [0.2, 0.25) is 0 Å². The fourth-order valence-electron chi connectivity index (χ4n) is 3.49. The molecule has 6 nitrogen and oxygen atoms in total. The predicted molar refractivity (Wildman–Crippen MR) is 93.2 cm³/mol. The monoisotopic (exact) mass is 351 g/mol. The summed E-state index contributed by atoms with van der Waals surface area (Å²) < 4.78 is 11.0. The number of nitrogens with one attached hydrogen (secondary N) is 1. The lowest BCUT2D eigenvalue weighted by atomic mass is 9.76. The van der Waals surface area contributed by atoms with Crippen molar-refractivity contribution in [2.75, 3.05) is 19.8 Å². The molecule has 1 heterocycles. The first-order chi connectivity index (χ1) is 12.1. The molecule has 25 heavy (non-hydrogen) atoms. The fraction of sp³-hybridized carbons (Fsp3) is 0.684. The summed E-state index contributed by atoms with van der Waals surface area (Å²) in [5.74, 6) is 0.522. The van der Waals surface area contributed by atoms with Gasteiger partial charge in [-0.25, -0.2) is 0 Å². The van der Waals surface area contributed by atoms with Gasteiger partial charge in [-0.1, -0.05) is 13.0 Å². The molecular weight excluding hydrogens is 322 g/mol. The quantitative estimate of drug-likeness (QED) is 0.561. The van der Waals surface area contributed by atoms with Gasteiger partial charge in [-0.3, -0.25) is 19.9 Å². The molecule has 0 amide bonds. The maximum Gasteiger partial charge on any atom is 0.307 e. The molecule has 1 aliphatic heterocycles. The summed E-state index contributed by atoms with van der Waals surface area (Å²) in [5, 5.41) is 0. The van der Waals surface area contributed by atoms with E-state index in [1.165, 1.54) is 6.92 Å². The Morgan fingerprint density at radius 3 is 2.72 bits per heavy atom. The van der Waals surface area contributed by atoms with E-state index < -0.39 is 5.97 Å². The van der Waals surface area contributed by atoms with E-state index in [2.05, 4.69) is 5.48 Å². The Morgan fingerprint density at radius 2 is 2.12 bits per heavy atom. The topological polar surface area (TPSA) is 73.9 Å². The van der Waals surface area contributed by atoms with E-state index >= 15 is 0 Å². The zero-order valence-electron chi connectivity index (χ0n) is 15.4. The predicted octanol–water partition coefficient (Wildman–Crippen LogP) is 3.04. The summed E-state index contributed by atoms with van der Waals surface area (Å²) in [6.07, 6.45) is 5.71. The van der Waals surface area contributed by atoms with Crippen molar-refractivity contribution in [1.29, 1.82) is 0 Å². The van der Waals surface area contributed by atoms with E-state index in [1.807, 2.05) is 19.9 Å². The highest BCUT2D eigenvalue weighted by Crippen LogP contribution is 2.38. The zero-order chi connectivity index (χ0) is 18.2. The number of hydrogen-bond donors (Lipinski definition) is 1. The van der Waals surface area contributed by atoms with E-state index in [1.54, 1.807) is 0 Å². The lowest BCUT2D eigenvalue weighted by Gasteiger charge is -2.34. The van der Waals surface area contributed by atoms with Crippen molar-refractivity contribution in [3.63, 3.8) is 0 Å². The number of hydroxylamine groups is 1. The number of carbonyl (C=O) groups is 2. The number of Topliss-reactive ketones (excluding diaryl/α,β-unsaturated/α-hetero) is 1. The smallest absolute Gasteiger partial charge is 0.307 e. The third kappa shape index (κ3) is 5.41. The third-order valence-electron chi connectivity index (χ3n) is 4.59. The van der Waals surface area contributed by atoms with E-state index in [0.29, 0.717) is 49.0 Å². The van der Waals surface area contributed by atoms with Crippen molar-refractivity contribution in [1.82, 2.24) is 5.48 Å². The van der Waals surface area contributed by atoms with E-state index in [0.717, 1.165) is 25.9 Å². The average molecular weight is 351 g/mol. The lowest BCUT2D eigenvalue weighted by Crippen LogP contribution is -2.33. The molecule has 2 atom stereocenters. The largest absolute Gasteiger partial charge is 0.430 e. The minimum atomic E-state index is -0.409. The van der Waals surface area contributed by atoms with Crippen LogP contribution in [0.4, 0.5) is 0 Å². The maximum atomic E-state index is 12.9. The van der Waals surface area contributed by atoms with Crippen LogP contribution in [-0.4, -0.2) is 31.6 Å². The Morgan fingerprint density at radius 1 is 1.32 bits per heavy atom. The standard InChI is InChI=1S/C19H29NO5/c1-4-7-16(20-24-5-2)19-17(22)10-15(11-18(19)25-13(3)21)14-8-6-9-23-12-14/h7,14-15,20H,4-6,8-12H2,1-3H3. The Labute approximate surface area is 149 Å². The first-order valence-electron chi connectivity index (χ1n) is 9.17. The van der Waals surface area contributed by atoms with E-state index in [9.17, 15) is 9.59 Å². The molecule has 140 valence electrons. The van der Waals surface area contributed by atoms with Gasteiger partial charge < -0.3 is 9.47 Å². The number of carbonyl (C=O) groups excluding carboxylic acids is 2. The van der Waals surface area contributed by atoms with Crippen LogP contribution >= 0.6 is 0 Å². The van der Waals surface area contributed by atoms with Gasteiger partial charge in [0.05, 0.1) is 17.9 Å². The van der Waals surface area contributed by atoms with Crippen molar-refractivity contribution in [2.24, 2.45) is 11.8 Å². The van der Waals surface area contributed by atoms with Crippen molar-refractivity contribution in [3.05, 3.63) is 23.1 Å². The molecule has 0 bridgehead atoms. The van der Waals surface area contributed by atoms with Gasteiger partial charge in [0.1, 0.15) is 5.76 Å². The third-order valence-corrected chi connectivity index (χ3v) is 4.59. The van der Waals surface area contributed by atoms with Crippen LogP contribution in [0.1, 0.15) is 52.9 Å². The lowest BCUT2D eigenvalue weighted by molar-refractivity contribution is -0.137. The summed E-state index contributed by atoms with van der Waals surface area (Å²) >= 11 is 0. The van der Waals surface area contributed by atoms with Gasteiger partial charge >= 0.3 is 5.97 Å². The van der Waals surface area contributed by atoms with Crippen LogP contribution in [0.2, 0.25) is 0 Å². The highest BCUT2D eigenvalue weighted by molar-refractivity contribution is 6.01. The number of hydrogen-bond acceptors (Lipinski definition) is 6. The second kappa shape index (κ2) is 9.73. The molecular formula is C19H29NO5. The molecule has 2 aliphatic rings. The molecule has 2 unspecified atom stereocenters. The average Bonchev–Trinajstić information content (AvgIpc) is 2.59. The second-order valence-corrected chi connectivity index (χ2v) is 6.52. The first-order valence-corrected chi connectivity index (χ1v) is 9.17. The minimum Gasteiger partial charge on any atom is -0.430 e. The molecule has 0 aromatic rings. The highest BCUT2D eigenvalue weighted by Gasteiger charge is 2.36. The minimum absolute atomic E-state index is 0.00928. The number of ketones is 1. The van der Waals surface area contributed by atoms with Gasteiger partial charge in [0, 0.05) is 33.0 Å². The van der Waals surface area contributed by atoms with Gasteiger partial charge in [0.15, 0.2) is 5.78 Å². The summed E-state index contributed by atoms with van der Waals surface area (Å²) in [5.41, 5.74) is 3.86. The van der Waals surface area contributed by atoms with Crippen LogP contribution in [0.5, 0.6) is 0 Å². The van der Waals surface area contributed by atoms with Crippen molar-refractivity contribution in [3.8, 4) is 0 Å². The normalized spacial score (nSPS) is 25.1. The van der Waals surface area contributed by atoms with Crippen molar-refractivity contribution >= 4 is 11.8 Å². The molecule has 1 fully saturated rings. The number of allylic oxidation sites excluding steroid dienone is 3. The molecule has 0 aromatic heterocycles. The molecule has 0 spiro atoms.